The minimum absolute atomic E-state index is 0.875. The van der Waals surface area contributed by atoms with Crippen LogP contribution in [0.5, 0.6) is 0 Å². The standard InChI is InChI=1S/C15H22OSi/c1-17(2,3)16-11-10-13-8-9-15(12-13)14-6-4-5-7-14/h4,6-8,12H,5,9-11H2,1-3H3. The van der Waals surface area contributed by atoms with Crippen LogP contribution in [0.1, 0.15) is 19.3 Å². The molecular weight excluding hydrogens is 224 g/mol. The summed E-state index contributed by atoms with van der Waals surface area (Å²) >= 11 is 0. The minimum atomic E-state index is -1.34. The normalized spacial score (nSPS) is 19.4. The molecule has 2 aliphatic carbocycles. The van der Waals surface area contributed by atoms with Crippen molar-refractivity contribution < 1.29 is 4.43 Å². The van der Waals surface area contributed by atoms with Gasteiger partial charge in [-0.1, -0.05) is 30.4 Å². The van der Waals surface area contributed by atoms with Gasteiger partial charge in [0.15, 0.2) is 8.32 Å². The summed E-state index contributed by atoms with van der Waals surface area (Å²) in [6.07, 6.45) is 14.7. The smallest absolute Gasteiger partial charge is 0.183 e. The molecule has 2 heteroatoms. The van der Waals surface area contributed by atoms with E-state index in [9.17, 15) is 0 Å². The van der Waals surface area contributed by atoms with E-state index in [0.29, 0.717) is 0 Å². The summed E-state index contributed by atoms with van der Waals surface area (Å²) < 4.78 is 5.89. The molecule has 0 bridgehead atoms. The molecule has 0 aromatic rings. The number of rotatable bonds is 5. The zero-order chi connectivity index (χ0) is 12.3. The lowest BCUT2D eigenvalue weighted by Crippen LogP contribution is -2.25. The third-order valence-electron chi connectivity index (χ3n) is 3.01. The molecular formula is C15H22OSi. The average Bonchev–Trinajstić information content (AvgIpc) is 2.83. The summed E-state index contributed by atoms with van der Waals surface area (Å²) in [7, 11) is -1.34. The molecule has 0 heterocycles. The van der Waals surface area contributed by atoms with Gasteiger partial charge >= 0.3 is 0 Å². The number of hydrogen-bond acceptors (Lipinski definition) is 1. The van der Waals surface area contributed by atoms with E-state index in [0.717, 1.165) is 25.9 Å². The average molecular weight is 246 g/mol. The summed E-state index contributed by atoms with van der Waals surface area (Å²) in [4.78, 5) is 0. The van der Waals surface area contributed by atoms with Gasteiger partial charge in [0.2, 0.25) is 0 Å². The summed E-state index contributed by atoms with van der Waals surface area (Å²) in [5.74, 6) is 0. The maximum Gasteiger partial charge on any atom is 0.183 e. The summed E-state index contributed by atoms with van der Waals surface area (Å²) in [5.41, 5.74) is 4.34. The molecule has 0 atom stereocenters. The van der Waals surface area contributed by atoms with Gasteiger partial charge in [-0.2, -0.15) is 0 Å². The highest BCUT2D eigenvalue weighted by molar-refractivity contribution is 6.69. The Kier molecular flexibility index (Phi) is 3.85. The van der Waals surface area contributed by atoms with E-state index in [1.165, 1.54) is 16.7 Å². The van der Waals surface area contributed by atoms with E-state index in [1.54, 1.807) is 0 Å². The van der Waals surface area contributed by atoms with Gasteiger partial charge in [0.05, 0.1) is 0 Å². The monoisotopic (exact) mass is 246 g/mol. The van der Waals surface area contributed by atoms with E-state index in [2.05, 4.69) is 50.0 Å². The molecule has 0 spiro atoms. The second-order valence-electron chi connectivity index (χ2n) is 5.66. The molecule has 2 rings (SSSR count). The molecule has 0 aliphatic heterocycles. The molecule has 0 saturated heterocycles. The van der Waals surface area contributed by atoms with Crippen LogP contribution >= 0.6 is 0 Å². The van der Waals surface area contributed by atoms with Crippen molar-refractivity contribution in [1.29, 1.82) is 0 Å². The van der Waals surface area contributed by atoms with Gasteiger partial charge in [0.25, 0.3) is 0 Å². The fourth-order valence-corrected chi connectivity index (χ4v) is 2.84. The molecule has 0 saturated carbocycles. The van der Waals surface area contributed by atoms with Crippen molar-refractivity contribution in [1.82, 2.24) is 0 Å². The number of allylic oxidation sites excluding steroid dienone is 7. The first-order chi connectivity index (χ1) is 8.04. The SMILES string of the molecule is C[Si](C)(C)OCCC1=CCC(C2=CCC=C2)=C1. The van der Waals surface area contributed by atoms with Crippen LogP contribution in [0, 0.1) is 0 Å². The lowest BCUT2D eigenvalue weighted by Gasteiger charge is -2.16. The molecule has 0 N–H and O–H groups in total. The van der Waals surface area contributed by atoms with Crippen LogP contribution in [0.4, 0.5) is 0 Å². The predicted octanol–water partition coefficient (Wildman–Crippen LogP) is 4.37. The zero-order valence-electron chi connectivity index (χ0n) is 11.1. The quantitative estimate of drug-likeness (QED) is 0.654. The van der Waals surface area contributed by atoms with Crippen LogP contribution in [0.2, 0.25) is 19.6 Å². The molecule has 0 radical (unpaired) electrons. The van der Waals surface area contributed by atoms with E-state index >= 15 is 0 Å². The van der Waals surface area contributed by atoms with E-state index in [1.807, 2.05) is 0 Å². The van der Waals surface area contributed by atoms with Gasteiger partial charge in [-0.3, -0.25) is 0 Å². The second-order valence-corrected chi connectivity index (χ2v) is 10.2. The van der Waals surface area contributed by atoms with Gasteiger partial charge in [0.1, 0.15) is 0 Å². The molecule has 2 aliphatic rings. The summed E-state index contributed by atoms with van der Waals surface area (Å²) in [5, 5.41) is 0. The first-order valence-electron chi connectivity index (χ1n) is 6.45. The fraction of sp³-hybridized carbons (Fsp3) is 0.467. The van der Waals surface area contributed by atoms with Gasteiger partial charge < -0.3 is 4.43 Å². The molecule has 17 heavy (non-hydrogen) atoms. The Bertz CT molecular complexity index is 405. The van der Waals surface area contributed by atoms with Crippen LogP contribution in [-0.2, 0) is 4.43 Å². The van der Waals surface area contributed by atoms with Gasteiger partial charge in [0, 0.05) is 6.61 Å². The van der Waals surface area contributed by atoms with Crippen LogP contribution in [0.15, 0.2) is 47.1 Å². The van der Waals surface area contributed by atoms with Crippen molar-refractivity contribution in [2.75, 3.05) is 6.61 Å². The Balaban J connectivity index is 1.82. The Morgan fingerprint density at radius 3 is 2.71 bits per heavy atom. The molecule has 0 aromatic heterocycles. The van der Waals surface area contributed by atoms with E-state index < -0.39 is 8.32 Å². The lowest BCUT2D eigenvalue weighted by molar-refractivity contribution is 0.316. The molecule has 0 aromatic carbocycles. The van der Waals surface area contributed by atoms with Gasteiger partial charge in [-0.15, -0.1) is 0 Å². The Hall–Kier alpha value is -0.863. The second kappa shape index (κ2) is 5.19. The molecule has 0 fully saturated rings. The highest BCUT2D eigenvalue weighted by Gasteiger charge is 2.15. The molecule has 0 amide bonds. The zero-order valence-corrected chi connectivity index (χ0v) is 12.1. The Morgan fingerprint density at radius 2 is 2.06 bits per heavy atom. The molecule has 0 unspecified atom stereocenters. The van der Waals surface area contributed by atoms with Crippen molar-refractivity contribution in [3.05, 3.63) is 47.1 Å². The van der Waals surface area contributed by atoms with Crippen molar-refractivity contribution in [2.45, 2.75) is 38.9 Å². The maximum absolute atomic E-state index is 5.89. The third-order valence-corrected chi connectivity index (χ3v) is 4.08. The Labute approximate surface area is 106 Å². The molecule has 1 nitrogen and oxygen atoms in total. The van der Waals surface area contributed by atoms with Crippen molar-refractivity contribution in [3.8, 4) is 0 Å². The predicted molar refractivity (Wildman–Crippen MR) is 76.5 cm³/mol. The summed E-state index contributed by atoms with van der Waals surface area (Å²) in [6.45, 7) is 7.60. The lowest BCUT2D eigenvalue weighted by atomic mass is 10.1. The van der Waals surface area contributed by atoms with Crippen molar-refractivity contribution in [3.63, 3.8) is 0 Å². The number of hydrogen-bond donors (Lipinski definition) is 0. The minimum Gasteiger partial charge on any atom is -0.417 e. The molecule has 92 valence electrons. The fourth-order valence-electron chi connectivity index (χ4n) is 2.13. The highest BCUT2D eigenvalue weighted by atomic mass is 28.4. The van der Waals surface area contributed by atoms with Gasteiger partial charge in [-0.25, -0.2) is 0 Å². The van der Waals surface area contributed by atoms with Crippen LogP contribution in [-0.4, -0.2) is 14.9 Å². The van der Waals surface area contributed by atoms with Gasteiger partial charge in [-0.05, 0) is 55.6 Å². The van der Waals surface area contributed by atoms with E-state index in [4.69, 9.17) is 4.43 Å². The third kappa shape index (κ3) is 3.82. The van der Waals surface area contributed by atoms with Crippen LogP contribution < -0.4 is 0 Å². The Morgan fingerprint density at radius 1 is 1.24 bits per heavy atom. The van der Waals surface area contributed by atoms with Crippen molar-refractivity contribution >= 4 is 8.32 Å². The van der Waals surface area contributed by atoms with Crippen molar-refractivity contribution in [2.24, 2.45) is 0 Å². The van der Waals surface area contributed by atoms with Crippen LogP contribution in [0.25, 0.3) is 0 Å². The van der Waals surface area contributed by atoms with E-state index in [-0.39, 0.29) is 0 Å². The maximum atomic E-state index is 5.89. The largest absolute Gasteiger partial charge is 0.417 e. The van der Waals surface area contributed by atoms with Crippen LogP contribution in [0.3, 0.4) is 0 Å². The first kappa shape index (κ1) is 12.6. The first-order valence-corrected chi connectivity index (χ1v) is 9.86. The topological polar surface area (TPSA) is 9.23 Å². The summed E-state index contributed by atoms with van der Waals surface area (Å²) in [6, 6.07) is 0. The highest BCUT2D eigenvalue weighted by Crippen LogP contribution is 2.29.